The Labute approximate surface area is 72.5 Å². The maximum Gasteiger partial charge on any atom is 0.219 e. The molecule has 0 unspecified atom stereocenters. The summed E-state index contributed by atoms with van der Waals surface area (Å²) in [6.45, 7) is 0. The third kappa shape index (κ3) is 1.77. The molecule has 1 heterocycles. The Hall–Kier alpha value is -0.900. The van der Waals surface area contributed by atoms with Gasteiger partial charge < -0.3 is 0 Å². The fourth-order valence-corrected chi connectivity index (χ4v) is 1.11. The van der Waals surface area contributed by atoms with Crippen LogP contribution in [-0.4, -0.2) is 18.0 Å². The van der Waals surface area contributed by atoms with Gasteiger partial charge in [0.25, 0.3) is 0 Å². The largest absolute Gasteiger partial charge is 0.278 e. The zero-order valence-electron chi connectivity index (χ0n) is 5.99. The lowest BCUT2D eigenvalue weighted by molar-refractivity contribution is 0.544. The second-order valence-corrected chi connectivity index (χ2v) is 2.86. The Morgan fingerprint density at radius 2 is 2.36 bits per heavy atom. The van der Waals surface area contributed by atoms with E-state index in [4.69, 9.17) is 0 Å². The normalized spacial score (nSPS) is 11.6. The highest BCUT2D eigenvalue weighted by molar-refractivity contribution is 9.10. The number of rotatable bonds is 1. The Kier molecular flexibility index (Phi) is 2.59. The lowest BCUT2D eigenvalue weighted by Crippen LogP contribution is -2.18. The van der Waals surface area contributed by atoms with Gasteiger partial charge in [0.05, 0.1) is 0 Å². The van der Waals surface area contributed by atoms with Crippen LogP contribution in [0.1, 0.15) is 0 Å². The van der Waals surface area contributed by atoms with E-state index in [1.54, 1.807) is 19.3 Å². The molecule has 0 aliphatic heterocycles. The zero-order chi connectivity index (χ0) is 8.27. The molecule has 0 radical (unpaired) electrons. The minimum absolute atomic E-state index is 0.642. The summed E-state index contributed by atoms with van der Waals surface area (Å²) in [5.74, 6) is 0. The van der Waals surface area contributed by atoms with E-state index in [9.17, 15) is 4.79 Å². The van der Waals surface area contributed by atoms with Gasteiger partial charge in [0.15, 0.2) is 0 Å². The van der Waals surface area contributed by atoms with Crippen LogP contribution < -0.4 is 5.49 Å². The molecule has 4 heteroatoms. The molecular formula is C7H7BrN2O. The van der Waals surface area contributed by atoms with Crippen molar-refractivity contribution in [3.05, 3.63) is 28.3 Å². The molecule has 0 N–H and O–H groups in total. The Bertz CT molecular complexity index is 329. The topological polar surface area (TPSA) is 34.4 Å². The van der Waals surface area contributed by atoms with E-state index in [2.05, 4.69) is 20.9 Å². The molecule has 0 saturated carbocycles. The van der Waals surface area contributed by atoms with Crippen LogP contribution in [0.4, 0.5) is 0 Å². The number of hydrogen-bond acceptors (Lipinski definition) is 2. The van der Waals surface area contributed by atoms with Crippen LogP contribution in [0.25, 0.3) is 0 Å². The second kappa shape index (κ2) is 3.48. The van der Waals surface area contributed by atoms with Crippen molar-refractivity contribution in [3.8, 4) is 0 Å². The molecule has 0 saturated heterocycles. The van der Waals surface area contributed by atoms with Crippen molar-refractivity contribution in [3.63, 3.8) is 0 Å². The van der Waals surface area contributed by atoms with Gasteiger partial charge in [0, 0.05) is 17.7 Å². The van der Waals surface area contributed by atoms with Crippen molar-refractivity contribution in [2.45, 2.75) is 0 Å². The van der Waals surface area contributed by atoms with Gasteiger partial charge in [-0.1, -0.05) is 0 Å². The average Bonchev–Trinajstić information content (AvgIpc) is 2.04. The minimum Gasteiger partial charge on any atom is -0.278 e. The number of pyridine rings is 1. The van der Waals surface area contributed by atoms with Gasteiger partial charge in [0.2, 0.25) is 6.41 Å². The highest BCUT2D eigenvalue weighted by Crippen LogP contribution is 2.03. The molecule has 11 heavy (non-hydrogen) atoms. The lowest BCUT2D eigenvalue weighted by atomic mass is 10.5. The van der Waals surface area contributed by atoms with Crippen LogP contribution in [0.15, 0.2) is 27.8 Å². The summed E-state index contributed by atoms with van der Waals surface area (Å²) in [5, 5.41) is 0. The molecule has 58 valence electrons. The average molecular weight is 215 g/mol. The molecule has 0 fully saturated rings. The third-order valence-corrected chi connectivity index (χ3v) is 1.73. The van der Waals surface area contributed by atoms with Gasteiger partial charge in [-0.15, -0.1) is 0 Å². The van der Waals surface area contributed by atoms with E-state index in [1.165, 1.54) is 4.57 Å². The van der Waals surface area contributed by atoms with Crippen molar-refractivity contribution in [2.75, 3.05) is 7.05 Å². The van der Waals surface area contributed by atoms with Gasteiger partial charge in [-0.3, -0.25) is 14.4 Å². The molecule has 0 aromatic carbocycles. The van der Waals surface area contributed by atoms with Crippen molar-refractivity contribution in [1.82, 2.24) is 4.57 Å². The highest BCUT2D eigenvalue weighted by atomic mass is 79.9. The molecule has 0 aliphatic carbocycles. The summed E-state index contributed by atoms with van der Waals surface area (Å²) in [5.41, 5.74) is 0.642. The highest BCUT2D eigenvalue weighted by Gasteiger charge is 1.90. The predicted molar refractivity (Wildman–Crippen MR) is 45.8 cm³/mol. The van der Waals surface area contributed by atoms with E-state index in [1.807, 2.05) is 6.07 Å². The summed E-state index contributed by atoms with van der Waals surface area (Å²) >= 11 is 3.24. The number of nitrogens with zero attached hydrogens (tertiary/aromatic N) is 2. The number of aromatic nitrogens is 1. The molecule has 0 spiro atoms. The van der Waals surface area contributed by atoms with E-state index >= 15 is 0 Å². The molecule has 1 rings (SSSR count). The first kappa shape index (κ1) is 8.20. The minimum atomic E-state index is 0.642. The molecule has 0 amide bonds. The maximum absolute atomic E-state index is 10.4. The quantitative estimate of drug-likeness (QED) is 0.638. The molecule has 3 nitrogen and oxygen atoms in total. The smallest absolute Gasteiger partial charge is 0.219 e. The SMILES string of the molecule is C/N=c1/ccc(Br)cn1C=O. The molecule has 1 aromatic rings. The molecule has 0 aliphatic rings. The number of hydrogen-bond donors (Lipinski definition) is 0. The molecular weight excluding hydrogens is 208 g/mol. The maximum atomic E-state index is 10.4. The number of halogens is 1. The second-order valence-electron chi connectivity index (χ2n) is 1.94. The van der Waals surface area contributed by atoms with Gasteiger partial charge in [-0.2, -0.15) is 0 Å². The standard InChI is InChI=1S/C7H7BrN2O/c1-9-7-3-2-6(8)4-10(7)5-11/h2-5H,1H3/b9-7-. The monoisotopic (exact) mass is 214 g/mol. The Morgan fingerprint density at radius 3 is 2.91 bits per heavy atom. The first-order chi connectivity index (χ1) is 5.27. The fraction of sp³-hybridized carbons (Fsp3) is 0.143. The Balaban J connectivity index is 3.40. The first-order valence-corrected chi connectivity index (χ1v) is 3.83. The van der Waals surface area contributed by atoms with E-state index in [0.29, 0.717) is 11.9 Å². The van der Waals surface area contributed by atoms with Crippen LogP contribution >= 0.6 is 15.9 Å². The lowest BCUT2D eigenvalue weighted by Gasteiger charge is -1.96. The van der Waals surface area contributed by atoms with E-state index < -0.39 is 0 Å². The van der Waals surface area contributed by atoms with Crippen molar-refractivity contribution in [1.29, 1.82) is 0 Å². The summed E-state index contributed by atoms with van der Waals surface area (Å²) in [6, 6.07) is 3.60. The molecule has 1 aromatic heterocycles. The zero-order valence-corrected chi connectivity index (χ0v) is 7.58. The summed E-state index contributed by atoms with van der Waals surface area (Å²) in [4.78, 5) is 14.3. The summed E-state index contributed by atoms with van der Waals surface area (Å²) < 4.78 is 2.27. The summed E-state index contributed by atoms with van der Waals surface area (Å²) in [6.07, 6.45) is 2.38. The Morgan fingerprint density at radius 1 is 1.64 bits per heavy atom. The van der Waals surface area contributed by atoms with Gasteiger partial charge >= 0.3 is 0 Å². The van der Waals surface area contributed by atoms with E-state index in [-0.39, 0.29) is 0 Å². The van der Waals surface area contributed by atoms with Crippen LogP contribution in [0, 0.1) is 0 Å². The molecule has 0 atom stereocenters. The van der Waals surface area contributed by atoms with Crippen molar-refractivity contribution < 1.29 is 4.79 Å². The van der Waals surface area contributed by atoms with Crippen LogP contribution in [0.3, 0.4) is 0 Å². The number of carbonyl (C=O) groups is 1. The third-order valence-electron chi connectivity index (χ3n) is 1.26. The van der Waals surface area contributed by atoms with Crippen LogP contribution in [0.5, 0.6) is 0 Å². The fourth-order valence-electron chi connectivity index (χ4n) is 0.757. The predicted octanol–water partition coefficient (Wildman–Crippen LogP) is 0.819. The van der Waals surface area contributed by atoms with Crippen LogP contribution in [-0.2, 0) is 4.79 Å². The number of carbonyl (C=O) groups excluding carboxylic acids is 1. The van der Waals surface area contributed by atoms with Crippen LogP contribution in [0.2, 0.25) is 0 Å². The van der Waals surface area contributed by atoms with E-state index in [0.717, 1.165) is 4.47 Å². The van der Waals surface area contributed by atoms with Gasteiger partial charge in [0.1, 0.15) is 5.49 Å². The van der Waals surface area contributed by atoms with Gasteiger partial charge in [-0.25, -0.2) is 0 Å². The molecule has 0 bridgehead atoms. The van der Waals surface area contributed by atoms with Crippen molar-refractivity contribution in [2.24, 2.45) is 4.99 Å². The van der Waals surface area contributed by atoms with Crippen molar-refractivity contribution >= 4 is 22.3 Å². The van der Waals surface area contributed by atoms with Gasteiger partial charge in [-0.05, 0) is 28.1 Å². The first-order valence-electron chi connectivity index (χ1n) is 3.03. The summed E-state index contributed by atoms with van der Waals surface area (Å²) in [7, 11) is 1.64.